The first-order valence-corrected chi connectivity index (χ1v) is 7.44. The van der Waals surface area contributed by atoms with E-state index in [0.29, 0.717) is 5.56 Å². The number of nitrogens with two attached hydrogens (primary N) is 1. The van der Waals surface area contributed by atoms with Crippen molar-refractivity contribution in [1.29, 1.82) is 0 Å². The highest BCUT2D eigenvalue weighted by Crippen LogP contribution is 2.29. The molecule has 0 aliphatic heterocycles. The van der Waals surface area contributed by atoms with Gasteiger partial charge in [0.05, 0.1) is 0 Å². The fourth-order valence-corrected chi connectivity index (χ4v) is 2.38. The maximum absolute atomic E-state index is 11.6. The molecule has 4 nitrogen and oxygen atoms in total. The largest absolute Gasteiger partial charge is 0.296 e. The zero-order chi connectivity index (χ0) is 14.5. The van der Waals surface area contributed by atoms with Crippen LogP contribution in [0.2, 0.25) is 0 Å². The number of benzene rings is 1. The summed E-state index contributed by atoms with van der Waals surface area (Å²) in [5.41, 5.74) is 4.00. The van der Waals surface area contributed by atoms with Gasteiger partial charge in [-0.1, -0.05) is 26.0 Å². The van der Waals surface area contributed by atoms with Gasteiger partial charge in [0.25, 0.3) is 5.91 Å². The minimum atomic E-state index is -0.230. The highest BCUT2D eigenvalue weighted by molar-refractivity contribution is 5.93. The van der Waals surface area contributed by atoms with Gasteiger partial charge in [-0.05, 0) is 49.4 Å². The molecule has 0 radical (unpaired) electrons. The van der Waals surface area contributed by atoms with E-state index in [0.717, 1.165) is 25.0 Å². The molecule has 1 aliphatic rings. The van der Waals surface area contributed by atoms with Crippen LogP contribution >= 0.6 is 0 Å². The van der Waals surface area contributed by atoms with Crippen molar-refractivity contribution in [2.75, 3.05) is 6.54 Å². The molecule has 20 heavy (non-hydrogen) atoms. The molecule has 0 atom stereocenters. The van der Waals surface area contributed by atoms with Crippen molar-refractivity contribution in [1.82, 2.24) is 10.3 Å². The molecule has 0 unspecified atom stereocenters. The lowest BCUT2D eigenvalue weighted by Crippen LogP contribution is -2.30. The molecule has 3 N–H and O–H groups in total. The van der Waals surface area contributed by atoms with E-state index in [9.17, 15) is 4.79 Å². The summed E-state index contributed by atoms with van der Waals surface area (Å²) in [6.07, 6.45) is 3.83. The molecule has 0 aromatic heterocycles. The molecule has 1 aliphatic carbocycles. The topological polar surface area (TPSA) is 58.4 Å². The van der Waals surface area contributed by atoms with E-state index in [-0.39, 0.29) is 5.91 Å². The molecule has 4 heteroatoms. The first kappa shape index (κ1) is 15.0. The van der Waals surface area contributed by atoms with E-state index in [2.05, 4.69) is 30.2 Å². The van der Waals surface area contributed by atoms with Crippen molar-refractivity contribution >= 4 is 5.91 Å². The highest BCUT2D eigenvalue weighted by atomic mass is 16.2. The number of nitrogen functional groups attached to an aromatic ring is 1. The maximum Gasteiger partial charge on any atom is 0.265 e. The van der Waals surface area contributed by atoms with E-state index in [1.54, 1.807) is 6.07 Å². The Balaban J connectivity index is 2.00. The third-order valence-electron chi connectivity index (χ3n) is 3.76. The van der Waals surface area contributed by atoms with Gasteiger partial charge in [-0.15, -0.1) is 0 Å². The molecular formula is C16H25N3O. The number of amides is 1. The summed E-state index contributed by atoms with van der Waals surface area (Å²) in [7, 11) is 0. The van der Waals surface area contributed by atoms with Crippen molar-refractivity contribution < 1.29 is 4.79 Å². The molecule has 2 rings (SSSR count). The van der Waals surface area contributed by atoms with Gasteiger partial charge < -0.3 is 0 Å². The second kappa shape index (κ2) is 6.86. The van der Waals surface area contributed by atoms with Crippen LogP contribution in [0.25, 0.3) is 0 Å². The number of hydrogen-bond donors (Lipinski definition) is 2. The Morgan fingerprint density at radius 3 is 2.80 bits per heavy atom. The van der Waals surface area contributed by atoms with E-state index < -0.39 is 0 Å². The quantitative estimate of drug-likeness (QED) is 0.456. The number of hydrazine groups is 1. The van der Waals surface area contributed by atoms with E-state index in [4.69, 9.17) is 5.84 Å². The van der Waals surface area contributed by atoms with Gasteiger partial charge in [-0.3, -0.25) is 15.1 Å². The number of nitrogens with zero attached hydrogens (tertiary/aromatic N) is 1. The molecule has 1 aromatic carbocycles. The van der Waals surface area contributed by atoms with Crippen LogP contribution < -0.4 is 11.3 Å². The fourth-order valence-electron chi connectivity index (χ4n) is 2.38. The van der Waals surface area contributed by atoms with E-state index in [1.165, 1.54) is 24.8 Å². The average Bonchev–Trinajstić information content (AvgIpc) is 3.27. The molecule has 0 bridgehead atoms. The molecule has 1 saturated carbocycles. The van der Waals surface area contributed by atoms with Crippen molar-refractivity contribution in [2.24, 2.45) is 11.8 Å². The van der Waals surface area contributed by atoms with Crippen LogP contribution in [0.1, 0.15) is 49.0 Å². The molecule has 1 aromatic rings. The summed E-state index contributed by atoms with van der Waals surface area (Å²) < 4.78 is 0. The van der Waals surface area contributed by atoms with Crippen LogP contribution in [0.15, 0.2) is 24.3 Å². The lowest BCUT2D eigenvalue weighted by atomic mass is 10.1. The molecule has 0 spiro atoms. The van der Waals surface area contributed by atoms with Crippen molar-refractivity contribution in [2.45, 2.75) is 45.7 Å². The third-order valence-corrected chi connectivity index (χ3v) is 3.76. The van der Waals surface area contributed by atoms with E-state index >= 15 is 0 Å². The van der Waals surface area contributed by atoms with E-state index in [1.807, 2.05) is 12.1 Å². The summed E-state index contributed by atoms with van der Waals surface area (Å²) in [4.78, 5) is 14.1. The summed E-state index contributed by atoms with van der Waals surface area (Å²) in [5.74, 6) is 5.68. The predicted octanol–water partition coefficient (Wildman–Crippen LogP) is 2.30. The van der Waals surface area contributed by atoms with Gasteiger partial charge in [-0.25, -0.2) is 5.84 Å². The van der Waals surface area contributed by atoms with Gasteiger partial charge >= 0.3 is 0 Å². The second-order valence-corrected chi connectivity index (χ2v) is 6.06. The molecule has 0 saturated heterocycles. The molecule has 110 valence electrons. The first-order chi connectivity index (χ1) is 9.60. The maximum atomic E-state index is 11.6. The van der Waals surface area contributed by atoms with Crippen molar-refractivity contribution in [3.05, 3.63) is 35.4 Å². The minimum Gasteiger partial charge on any atom is -0.296 e. The third kappa shape index (κ3) is 4.32. The standard InChI is InChI=1S/C16H25N3O/c1-12(2)8-9-19(15-6-7-15)11-13-4-3-5-14(10-13)16(20)18-17/h3-5,10,12,15H,6-9,11,17H2,1-2H3,(H,18,20). The lowest BCUT2D eigenvalue weighted by Gasteiger charge is -2.23. The summed E-state index contributed by atoms with van der Waals surface area (Å²) in [6, 6.07) is 8.47. The van der Waals surface area contributed by atoms with Gasteiger partial charge in [-0.2, -0.15) is 0 Å². The second-order valence-electron chi connectivity index (χ2n) is 6.06. The smallest absolute Gasteiger partial charge is 0.265 e. The Morgan fingerprint density at radius 2 is 2.20 bits per heavy atom. The zero-order valence-corrected chi connectivity index (χ0v) is 12.4. The van der Waals surface area contributed by atoms with Crippen molar-refractivity contribution in [3.63, 3.8) is 0 Å². The Hall–Kier alpha value is -1.39. The average molecular weight is 275 g/mol. The number of nitrogens with one attached hydrogen (secondary N) is 1. The lowest BCUT2D eigenvalue weighted by molar-refractivity contribution is 0.0953. The van der Waals surface area contributed by atoms with Gasteiger partial charge in [0.2, 0.25) is 0 Å². The summed E-state index contributed by atoms with van der Waals surface area (Å²) in [6.45, 7) is 6.58. The Morgan fingerprint density at radius 1 is 1.45 bits per heavy atom. The monoisotopic (exact) mass is 275 g/mol. The Kier molecular flexibility index (Phi) is 5.15. The number of hydrogen-bond acceptors (Lipinski definition) is 3. The Bertz CT molecular complexity index is 455. The number of carbonyl (C=O) groups is 1. The molecular weight excluding hydrogens is 250 g/mol. The van der Waals surface area contributed by atoms with Crippen molar-refractivity contribution in [3.8, 4) is 0 Å². The van der Waals surface area contributed by atoms with Crippen LogP contribution in [-0.4, -0.2) is 23.4 Å². The van der Waals surface area contributed by atoms with Gasteiger partial charge in [0.1, 0.15) is 0 Å². The van der Waals surface area contributed by atoms with Gasteiger partial charge in [0, 0.05) is 18.2 Å². The minimum absolute atomic E-state index is 0.230. The number of rotatable bonds is 7. The predicted molar refractivity (Wildman–Crippen MR) is 81.0 cm³/mol. The van der Waals surface area contributed by atoms with Crippen LogP contribution in [0.4, 0.5) is 0 Å². The van der Waals surface area contributed by atoms with Gasteiger partial charge in [0.15, 0.2) is 0 Å². The SMILES string of the molecule is CC(C)CCN(Cc1cccc(C(=O)NN)c1)C1CC1. The molecule has 1 fully saturated rings. The molecule has 1 amide bonds. The van der Waals surface area contributed by atoms with Crippen LogP contribution in [0.3, 0.4) is 0 Å². The highest BCUT2D eigenvalue weighted by Gasteiger charge is 2.28. The normalized spacial score (nSPS) is 14.8. The van der Waals surface area contributed by atoms with Crippen LogP contribution in [0.5, 0.6) is 0 Å². The first-order valence-electron chi connectivity index (χ1n) is 7.44. The molecule has 0 heterocycles. The zero-order valence-electron chi connectivity index (χ0n) is 12.4. The summed E-state index contributed by atoms with van der Waals surface area (Å²) in [5, 5.41) is 0. The Labute approximate surface area is 121 Å². The van der Waals surface area contributed by atoms with Crippen LogP contribution in [-0.2, 0) is 6.54 Å². The fraction of sp³-hybridized carbons (Fsp3) is 0.562. The number of carbonyl (C=O) groups excluding carboxylic acids is 1. The van der Waals surface area contributed by atoms with Crippen LogP contribution in [0, 0.1) is 5.92 Å². The summed E-state index contributed by atoms with van der Waals surface area (Å²) >= 11 is 0.